The molecule has 0 aromatic carbocycles. The van der Waals surface area contributed by atoms with Gasteiger partial charge in [-0.25, -0.2) is 4.98 Å². The monoisotopic (exact) mass is 238 g/mol. The summed E-state index contributed by atoms with van der Waals surface area (Å²) >= 11 is 1.51. The fourth-order valence-electron chi connectivity index (χ4n) is 1.94. The van der Waals surface area contributed by atoms with Gasteiger partial charge < -0.3 is 4.90 Å². The van der Waals surface area contributed by atoms with Crippen LogP contribution in [-0.2, 0) is 6.42 Å². The van der Waals surface area contributed by atoms with E-state index in [0.29, 0.717) is 0 Å². The molecule has 0 aliphatic heterocycles. The van der Waals surface area contributed by atoms with Gasteiger partial charge in [-0.3, -0.25) is 4.79 Å². The summed E-state index contributed by atoms with van der Waals surface area (Å²) in [6, 6.07) is 0. The molecular formula is C12H18N2OS. The number of hydrogen-bond donors (Lipinski definition) is 0. The minimum absolute atomic E-state index is 0.785. The van der Waals surface area contributed by atoms with Gasteiger partial charge in [-0.2, -0.15) is 0 Å². The van der Waals surface area contributed by atoms with Crippen molar-refractivity contribution in [1.82, 2.24) is 4.98 Å². The van der Waals surface area contributed by atoms with Crippen LogP contribution in [0.4, 0.5) is 5.13 Å². The van der Waals surface area contributed by atoms with Crippen molar-refractivity contribution in [3.63, 3.8) is 0 Å². The second kappa shape index (κ2) is 4.53. The quantitative estimate of drug-likeness (QED) is 0.739. The van der Waals surface area contributed by atoms with Crippen LogP contribution in [-0.4, -0.2) is 24.9 Å². The van der Waals surface area contributed by atoms with Gasteiger partial charge >= 0.3 is 0 Å². The van der Waals surface area contributed by atoms with Crippen LogP contribution in [0.5, 0.6) is 0 Å². The molecule has 0 saturated heterocycles. The van der Waals surface area contributed by atoms with Crippen LogP contribution in [0.2, 0.25) is 0 Å². The first-order valence-electron chi connectivity index (χ1n) is 5.81. The molecule has 1 aromatic heterocycles. The Labute approximate surface area is 100 Å². The summed E-state index contributed by atoms with van der Waals surface area (Å²) in [5, 5.41) is 0.984. The zero-order valence-electron chi connectivity index (χ0n) is 10.1. The number of nitrogens with zero attached hydrogens (tertiary/aromatic N) is 2. The molecule has 1 aliphatic rings. The molecule has 2 rings (SSSR count). The van der Waals surface area contributed by atoms with Crippen molar-refractivity contribution in [2.24, 2.45) is 11.8 Å². The van der Waals surface area contributed by atoms with Gasteiger partial charge in [0, 0.05) is 13.6 Å². The van der Waals surface area contributed by atoms with E-state index in [1.54, 1.807) is 0 Å². The largest absolute Gasteiger partial charge is 0.351 e. The number of thiazole rings is 1. The summed E-state index contributed by atoms with van der Waals surface area (Å²) < 4.78 is 0. The summed E-state index contributed by atoms with van der Waals surface area (Å²) in [5.74, 6) is 1.68. The molecule has 1 fully saturated rings. The van der Waals surface area contributed by atoms with Crippen LogP contribution in [0, 0.1) is 11.8 Å². The lowest BCUT2D eigenvalue weighted by Crippen LogP contribution is -2.20. The molecule has 1 aromatic rings. The van der Waals surface area contributed by atoms with Crippen molar-refractivity contribution in [2.75, 3.05) is 18.5 Å². The minimum atomic E-state index is 0.785. The van der Waals surface area contributed by atoms with E-state index in [2.05, 4.69) is 23.9 Å². The summed E-state index contributed by atoms with van der Waals surface area (Å²) in [7, 11) is 2.07. The Morgan fingerprint density at radius 1 is 1.62 bits per heavy atom. The molecule has 2 atom stereocenters. The van der Waals surface area contributed by atoms with Crippen molar-refractivity contribution in [3.05, 3.63) is 10.6 Å². The van der Waals surface area contributed by atoms with Gasteiger partial charge in [0.2, 0.25) is 0 Å². The van der Waals surface area contributed by atoms with E-state index < -0.39 is 0 Å². The first-order chi connectivity index (χ1) is 7.65. The Bertz CT molecular complexity index is 388. The normalized spacial score (nSPS) is 23.2. The first-order valence-corrected chi connectivity index (χ1v) is 6.63. The third kappa shape index (κ3) is 2.26. The lowest BCUT2D eigenvalue weighted by atomic mass is 10.3. The number of aryl methyl sites for hydroxylation is 1. The average molecular weight is 238 g/mol. The van der Waals surface area contributed by atoms with Gasteiger partial charge in [0.15, 0.2) is 11.4 Å². The second-order valence-corrected chi connectivity index (χ2v) is 5.64. The van der Waals surface area contributed by atoms with Crippen LogP contribution in [0.25, 0.3) is 0 Å². The predicted octanol–water partition coefficient (Wildman–Crippen LogP) is 2.61. The van der Waals surface area contributed by atoms with Gasteiger partial charge in [0.05, 0.1) is 10.6 Å². The maximum Gasteiger partial charge on any atom is 0.185 e. The molecule has 1 saturated carbocycles. The van der Waals surface area contributed by atoms with Crippen molar-refractivity contribution < 1.29 is 4.79 Å². The highest BCUT2D eigenvalue weighted by atomic mass is 32.1. The van der Waals surface area contributed by atoms with Gasteiger partial charge in [0.25, 0.3) is 0 Å². The molecule has 88 valence electrons. The Kier molecular flexibility index (Phi) is 3.28. The molecule has 1 heterocycles. The smallest absolute Gasteiger partial charge is 0.185 e. The number of hydrogen-bond acceptors (Lipinski definition) is 4. The van der Waals surface area contributed by atoms with Crippen molar-refractivity contribution in [1.29, 1.82) is 0 Å². The Hall–Kier alpha value is -0.900. The van der Waals surface area contributed by atoms with Gasteiger partial charge in [-0.15, -0.1) is 0 Å². The van der Waals surface area contributed by atoms with E-state index in [4.69, 9.17) is 0 Å². The van der Waals surface area contributed by atoms with E-state index in [1.165, 1.54) is 17.8 Å². The SMILES string of the molecule is CCc1nc(N(C)CC2CC2C)sc1C=O. The Morgan fingerprint density at radius 3 is 2.75 bits per heavy atom. The van der Waals surface area contributed by atoms with Gasteiger partial charge in [-0.1, -0.05) is 25.2 Å². The van der Waals surface area contributed by atoms with Crippen molar-refractivity contribution in [3.8, 4) is 0 Å². The number of rotatable bonds is 5. The van der Waals surface area contributed by atoms with Crippen molar-refractivity contribution >= 4 is 22.8 Å². The standard InChI is InChI=1S/C12H18N2OS/c1-4-10-11(7-15)16-12(13-10)14(3)6-9-5-8(9)2/h7-9H,4-6H2,1-3H3. The maximum atomic E-state index is 10.9. The Morgan fingerprint density at radius 2 is 2.31 bits per heavy atom. The van der Waals surface area contributed by atoms with E-state index in [9.17, 15) is 4.79 Å². The zero-order valence-corrected chi connectivity index (χ0v) is 10.9. The lowest BCUT2D eigenvalue weighted by molar-refractivity contribution is 0.112. The lowest BCUT2D eigenvalue weighted by Gasteiger charge is -2.14. The molecule has 4 heteroatoms. The molecule has 2 unspecified atom stereocenters. The second-order valence-electron chi connectivity index (χ2n) is 4.63. The molecule has 16 heavy (non-hydrogen) atoms. The van der Waals surface area contributed by atoms with E-state index >= 15 is 0 Å². The third-order valence-corrected chi connectivity index (χ3v) is 4.41. The number of aldehydes is 1. The summed E-state index contributed by atoms with van der Waals surface area (Å²) in [6.07, 6.45) is 3.09. The number of aromatic nitrogens is 1. The molecular weight excluding hydrogens is 220 g/mol. The van der Waals surface area contributed by atoms with Gasteiger partial charge in [0.1, 0.15) is 0 Å². The zero-order chi connectivity index (χ0) is 11.7. The Balaban J connectivity index is 2.07. The van der Waals surface area contributed by atoms with Crippen molar-refractivity contribution in [2.45, 2.75) is 26.7 Å². The number of anilines is 1. The summed E-state index contributed by atoms with van der Waals surface area (Å²) in [5.41, 5.74) is 0.936. The van der Waals surface area contributed by atoms with Crippen LogP contribution in [0.3, 0.4) is 0 Å². The van der Waals surface area contributed by atoms with Crippen LogP contribution >= 0.6 is 11.3 Å². The van der Waals surface area contributed by atoms with E-state index in [0.717, 1.165) is 46.8 Å². The summed E-state index contributed by atoms with van der Waals surface area (Å²) in [4.78, 5) is 18.4. The first kappa shape index (κ1) is 11.6. The average Bonchev–Trinajstić information content (AvgIpc) is 2.84. The van der Waals surface area contributed by atoms with Gasteiger partial charge in [-0.05, 0) is 24.7 Å². The molecule has 0 bridgehead atoms. The fourth-order valence-corrected chi connectivity index (χ4v) is 2.88. The number of carbonyl (C=O) groups excluding carboxylic acids is 1. The highest BCUT2D eigenvalue weighted by Gasteiger charge is 2.33. The molecule has 1 aliphatic carbocycles. The number of carbonyl (C=O) groups is 1. The third-order valence-electron chi connectivity index (χ3n) is 3.27. The molecule has 0 radical (unpaired) electrons. The fraction of sp³-hybridized carbons (Fsp3) is 0.667. The maximum absolute atomic E-state index is 10.9. The highest BCUT2D eigenvalue weighted by Crippen LogP contribution is 2.39. The molecule has 0 N–H and O–H groups in total. The topological polar surface area (TPSA) is 33.2 Å². The molecule has 3 nitrogen and oxygen atoms in total. The van der Waals surface area contributed by atoms with E-state index in [-0.39, 0.29) is 0 Å². The van der Waals surface area contributed by atoms with Crippen LogP contribution in [0.15, 0.2) is 0 Å². The minimum Gasteiger partial charge on any atom is -0.351 e. The van der Waals surface area contributed by atoms with E-state index in [1.807, 2.05) is 6.92 Å². The van der Waals surface area contributed by atoms with Crippen LogP contribution < -0.4 is 4.90 Å². The molecule has 0 spiro atoms. The van der Waals surface area contributed by atoms with Crippen LogP contribution in [0.1, 0.15) is 35.6 Å². The highest BCUT2D eigenvalue weighted by molar-refractivity contribution is 7.17. The predicted molar refractivity (Wildman–Crippen MR) is 67.4 cm³/mol. The summed E-state index contributed by atoms with van der Waals surface area (Å²) in [6.45, 7) is 5.39. The molecule has 0 amide bonds.